The van der Waals surface area contributed by atoms with Gasteiger partial charge in [-0.15, -0.1) is 0 Å². The molecule has 0 saturated heterocycles. The van der Waals surface area contributed by atoms with Gasteiger partial charge in [-0.1, -0.05) is 50.9 Å². The molecule has 0 saturated carbocycles. The Bertz CT molecular complexity index is 816. The average Bonchev–Trinajstić information content (AvgIpc) is 2.94. The van der Waals surface area contributed by atoms with Gasteiger partial charge in [0.2, 0.25) is 5.82 Å². The Morgan fingerprint density at radius 2 is 2.05 bits per heavy atom. The first-order chi connectivity index (χ1) is 10.1. The normalized spacial score (nSPS) is 10.8. The highest BCUT2D eigenvalue weighted by Crippen LogP contribution is 2.32. The predicted molar refractivity (Wildman–Crippen MR) is 87.0 cm³/mol. The fourth-order valence-electron chi connectivity index (χ4n) is 1.91. The van der Waals surface area contributed by atoms with Crippen molar-refractivity contribution in [1.82, 2.24) is 10.1 Å². The zero-order valence-electron chi connectivity index (χ0n) is 11.1. The van der Waals surface area contributed by atoms with Crippen molar-refractivity contribution in [3.05, 3.63) is 51.5 Å². The molecule has 2 N–H and O–H groups in total. The number of nitrogen functional groups attached to an aromatic ring is 1. The third-order valence-electron chi connectivity index (χ3n) is 3.14. The van der Waals surface area contributed by atoms with Crippen LogP contribution in [0, 0.1) is 6.92 Å². The van der Waals surface area contributed by atoms with E-state index in [-0.39, 0.29) is 0 Å². The number of rotatable bonds is 2. The largest absolute Gasteiger partial charge is 0.397 e. The van der Waals surface area contributed by atoms with Crippen molar-refractivity contribution in [3.8, 4) is 22.8 Å². The van der Waals surface area contributed by atoms with Crippen LogP contribution in [0.15, 0.2) is 45.4 Å². The first-order valence-electron chi connectivity index (χ1n) is 6.21. The second-order valence-corrected chi connectivity index (χ2v) is 5.85. The fraction of sp³-hybridized carbons (Fsp3) is 0.0667. The molecule has 0 spiro atoms. The van der Waals surface area contributed by atoms with Crippen molar-refractivity contribution >= 4 is 33.2 Å². The highest BCUT2D eigenvalue weighted by atomic mass is 79.9. The standard InChI is InChI=1S/C15H11BrClN3O/c1-8-5-6-9(7-11(8)16)14-19-15(21-20-14)10-3-2-4-12(17)13(10)18/h2-7H,18H2,1H3. The molecule has 0 atom stereocenters. The van der Waals surface area contributed by atoms with Crippen LogP contribution in [0.4, 0.5) is 5.69 Å². The predicted octanol–water partition coefficient (Wildman–Crippen LogP) is 4.71. The van der Waals surface area contributed by atoms with Crippen LogP contribution in [0.1, 0.15) is 5.56 Å². The van der Waals surface area contributed by atoms with E-state index in [0.717, 1.165) is 15.6 Å². The molecular weight excluding hydrogens is 354 g/mol. The van der Waals surface area contributed by atoms with Crippen molar-refractivity contribution in [2.75, 3.05) is 5.73 Å². The van der Waals surface area contributed by atoms with Gasteiger partial charge in [0.1, 0.15) is 0 Å². The molecular formula is C15H11BrClN3O. The van der Waals surface area contributed by atoms with E-state index in [4.69, 9.17) is 21.9 Å². The summed E-state index contributed by atoms with van der Waals surface area (Å²) in [7, 11) is 0. The summed E-state index contributed by atoms with van der Waals surface area (Å²) in [6.07, 6.45) is 0. The second kappa shape index (κ2) is 5.50. The summed E-state index contributed by atoms with van der Waals surface area (Å²) in [5.74, 6) is 0.853. The number of halogens is 2. The van der Waals surface area contributed by atoms with Gasteiger partial charge in [0.25, 0.3) is 5.89 Å². The molecule has 1 aromatic heterocycles. The maximum atomic E-state index is 6.00. The number of para-hydroxylation sites is 1. The van der Waals surface area contributed by atoms with Gasteiger partial charge in [0, 0.05) is 10.0 Å². The molecule has 4 nitrogen and oxygen atoms in total. The summed E-state index contributed by atoms with van der Waals surface area (Å²) in [5.41, 5.74) is 9.01. The van der Waals surface area contributed by atoms with Crippen molar-refractivity contribution in [1.29, 1.82) is 0 Å². The van der Waals surface area contributed by atoms with Gasteiger partial charge in [-0.2, -0.15) is 4.98 Å². The number of anilines is 1. The first kappa shape index (κ1) is 14.1. The van der Waals surface area contributed by atoms with E-state index in [2.05, 4.69) is 26.1 Å². The Balaban J connectivity index is 2.03. The monoisotopic (exact) mass is 363 g/mol. The SMILES string of the molecule is Cc1ccc(-c2noc(-c3cccc(Cl)c3N)n2)cc1Br. The van der Waals surface area contributed by atoms with E-state index in [1.807, 2.05) is 25.1 Å². The Hall–Kier alpha value is -1.85. The molecule has 1 heterocycles. The number of aromatic nitrogens is 2. The Labute approximate surface area is 135 Å². The number of hydrogen-bond acceptors (Lipinski definition) is 4. The molecule has 3 rings (SSSR count). The molecule has 0 aliphatic heterocycles. The van der Waals surface area contributed by atoms with Gasteiger partial charge >= 0.3 is 0 Å². The summed E-state index contributed by atoms with van der Waals surface area (Å²) in [6.45, 7) is 2.02. The molecule has 0 fully saturated rings. The van der Waals surface area contributed by atoms with Gasteiger partial charge in [0.05, 0.1) is 16.3 Å². The Morgan fingerprint density at radius 3 is 2.81 bits per heavy atom. The molecule has 106 valence electrons. The molecule has 6 heteroatoms. The highest BCUT2D eigenvalue weighted by Gasteiger charge is 2.14. The maximum absolute atomic E-state index is 6.00. The molecule has 3 aromatic rings. The summed E-state index contributed by atoms with van der Waals surface area (Å²) >= 11 is 9.50. The van der Waals surface area contributed by atoms with E-state index >= 15 is 0 Å². The highest BCUT2D eigenvalue weighted by molar-refractivity contribution is 9.10. The summed E-state index contributed by atoms with van der Waals surface area (Å²) < 4.78 is 6.29. The third-order valence-corrected chi connectivity index (χ3v) is 4.32. The van der Waals surface area contributed by atoms with Crippen molar-refractivity contribution in [2.45, 2.75) is 6.92 Å². The third kappa shape index (κ3) is 2.66. The van der Waals surface area contributed by atoms with Crippen molar-refractivity contribution in [3.63, 3.8) is 0 Å². The van der Waals surface area contributed by atoms with Gasteiger partial charge in [-0.05, 0) is 30.7 Å². The lowest BCUT2D eigenvalue weighted by molar-refractivity contribution is 0.432. The molecule has 0 bridgehead atoms. The lowest BCUT2D eigenvalue weighted by atomic mass is 10.1. The molecule has 0 aliphatic rings. The van der Waals surface area contributed by atoms with E-state index in [1.165, 1.54) is 0 Å². The average molecular weight is 365 g/mol. The van der Waals surface area contributed by atoms with Crippen LogP contribution in [-0.4, -0.2) is 10.1 Å². The minimum atomic E-state index is 0.349. The van der Waals surface area contributed by atoms with E-state index in [0.29, 0.717) is 28.0 Å². The maximum Gasteiger partial charge on any atom is 0.260 e. The minimum absolute atomic E-state index is 0.349. The Morgan fingerprint density at radius 1 is 1.24 bits per heavy atom. The molecule has 0 amide bonds. The van der Waals surface area contributed by atoms with Crippen LogP contribution in [-0.2, 0) is 0 Å². The van der Waals surface area contributed by atoms with Gasteiger partial charge in [-0.3, -0.25) is 0 Å². The van der Waals surface area contributed by atoms with Gasteiger partial charge in [0.15, 0.2) is 0 Å². The zero-order valence-corrected chi connectivity index (χ0v) is 13.4. The number of nitrogens with zero attached hydrogens (tertiary/aromatic N) is 2. The lowest BCUT2D eigenvalue weighted by Crippen LogP contribution is -1.91. The van der Waals surface area contributed by atoms with E-state index in [9.17, 15) is 0 Å². The van der Waals surface area contributed by atoms with Crippen molar-refractivity contribution < 1.29 is 4.52 Å². The van der Waals surface area contributed by atoms with Crippen LogP contribution in [0.5, 0.6) is 0 Å². The number of hydrogen-bond donors (Lipinski definition) is 1. The van der Waals surface area contributed by atoms with Crippen LogP contribution >= 0.6 is 27.5 Å². The van der Waals surface area contributed by atoms with Gasteiger partial charge < -0.3 is 10.3 Å². The fourth-order valence-corrected chi connectivity index (χ4v) is 2.46. The zero-order chi connectivity index (χ0) is 15.0. The van der Waals surface area contributed by atoms with Crippen LogP contribution in [0.3, 0.4) is 0 Å². The lowest BCUT2D eigenvalue weighted by Gasteiger charge is -2.01. The van der Waals surface area contributed by atoms with Crippen LogP contribution in [0.25, 0.3) is 22.8 Å². The minimum Gasteiger partial charge on any atom is -0.397 e. The smallest absolute Gasteiger partial charge is 0.260 e. The molecule has 21 heavy (non-hydrogen) atoms. The molecule has 0 aliphatic carbocycles. The van der Waals surface area contributed by atoms with Crippen LogP contribution in [0.2, 0.25) is 5.02 Å². The second-order valence-electron chi connectivity index (χ2n) is 4.59. The van der Waals surface area contributed by atoms with E-state index in [1.54, 1.807) is 18.2 Å². The van der Waals surface area contributed by atoms with Gasteiger partial charge in [-0.25, -0.2) is 0 Å². The summed E-state index contributed by atoms with van der Waals surface area (Å²) in [4.78, 5) is 4.39. The molecule has 0 radical (unpaired) electrons. The van der Waals surface area contributed by atoms with E-state index < -0.39 is 0 Å². The van der Waals surface area contributed by atoms with Crippen LogP contribution < -0.4 is 5.73 Å². The van der Waals surface area contributed by atoms with Crippen molar-refractivity contribution in [2.24, 2.45) is 0 Å². The first-order valence-corrected chi connectivity index (χ1v) is 7.38. The molecule has 0 unspecified atom stereocenters. The number of nitrogens with two attached hydrogens (primary N) is 1. The molecule has 2 aromatic carbocycles. The summed E-state index contributed by atoms with van der Waals surface area (Å²) in [6, 6.07) is 11.2. The quantitative estimate of drug-likeness (QED) is 0.669. The number of benzene rings is 2. The number of aryl methyl sites for hydroxylation is 1. The summed E-state index contributed by atoms with van der Waals surface area (Å²) in [5, 5.41) is 4.46. The topological polar surface area (TPSA) is 64.9 Å². The Kier molecular flexibility index (Phi) is 3.69.